The van der Waals surface area contributed by atoms with Crippen molar-refractivity contribution >= 4 is 16.4 Å². The lowest BCUT2D eigenvalue weighted by Gasteiger charge is -2.41. The molecule has 1 aliphatic rings. The molecule has 1 fully saturated rings. The first-order valence-electron chi connectivity index (χ1n) is 19.3. The average Bonchev–Trinajstić information content (AvgIpc) is 3.13. The highest BCUT2D eigenvalue weighted by Gasteiger charge is 2.48. The summed E-state index contributed by atoms with van der Waals surface area (Å²) in [5, 5.41) is 30.2. The summed E-state index contributed by atoms with van der Waals surface area (Å²) in [6.45, 7) is 3.37. The Kier molecular flexibility index (Phi) is 29.7. The van der Waals surface area contributed by atoms with Crippen molar-refractivity contribution in [3.05, 3.63) is 85.1 Å². The van der Waals surface area contributed by atoms with Crippen molar-refractivity contribution in [1.29, 1.82) is 0 Å². The summed E-state index contributed by atoms with van der Waals surface area (Å²) >= 11 is 0. The van der Waals surface area contributed by atoms with Gasteiger partial charge in [-0.3, -0.25) is 9.35 Å². The molecule has 6 unspecified atom stereocenters. The Morgan fingerprint density at radius 1 is 0.722 bits per heavy atom. The van der Waals surface area contributed by atoms with Gasteiger partial charge < -0.3 is 34.3 Å². The minimum absolute atomic E-state index is 0.00655. The van der Waals surface area contributed by atoms with Gasteiger partial charge in [0.2, 0.25) is 0 Å². The molecule has 0 aromatic carbocycles. The van der Waals surface area contributed by atoms with Gasteiger partial charge >= 0.3 is 16.4 Å². The topological polar surface area (TPSA) is 178 Å². The third-order valence-corrected chi connectivity index (χ3v) is 8.47. The molecule has 0 amide bonds. The van der Waals surface area contributed by atoms with Gasteiger partial charge in [0.05, 0.1) is 19.8 Å². The molecule has 1 saturated heterocycles. The molecule has 54 heavy (non-hydrogen) atoms. The number of aliphatic hydroxyl groups excluding tert-OH is 3. The zero-order chi connectivity index (χ0) is 39.7. The number of aliphatic hydroxyl groups is 3. The highest BCUT2D eigenvalue weighted by molar-refractivity contribution is 7.80. The molecule has 0 saturated carbocycles. The molecule has 0 radical (unpaired) electrons. The maximum Gasteiger partial charge on any atom is 0.397 e. The van der Waals surface area contributed by atoms with E-state index < -0.39 is 59.8 Å². The summed E-state index contributed by atoms with van der Waals surface area (Å²) in [4.78, 5) is 12.2. The molecule has 4 N–H and O–H groups in total. The summed E-state index contributed by atoms with van der Waals surface area (Å²) < 4.78 is 57.9. The molecule has 1 heterocycles. The largest absolute Gasteiger partial charge is 0.457 e. The van der Waals surface area contributed by atoms with Gasteiger partial charge in [-0.1, -0.05) is 112 Å². The number of allylic oxidation sites excluding steroid dienone is 14. The van der Waals surface area contributed by atoms with Crippen molar-refractivity contribution in [1.82, 2.24) is 0 Å². The molecular weight excluding hydrogens is 717 g/mol. The van der Waals surface area contributed by atoms with E-state index in [9.17, 15) is 28.5 Å². The van der Waals surface area contributed by atoms with Crippen LogP contribution in [0, 0.1) is 0 Å². The molecule has 13 heteroatoms. The molecule has 12 nitrogen and oxygen atoms in total. The van der Waals surface area contributed by atoms with Crippen LogP contribution in [-0.4, -0.2) is 97.5 Å². The Hall–Kier alpha value is -2.72. The van der Waals surface area contributed by atoms with E-state index in [0.29, 0.717) is 13.0 Å². The fraction of sp³-hybridized carbons (Fsp3) is 0.634. The van der Waals surface area contributed by atoms with Crippen LogP contribution in [0.25, 0.3) is 0 Å². The van der Waals surface area contributed by atoms with E-state index in [1.165, 1.54) is 0 Å². The van der Waals surface area contributed by atoms with Crippen LogP contribution in [0.5, 0.6) is 0 Å². The van der Waals surface area contributed by atoms with E-state index >= 15 is 0 Å². The number of rotatable bonds is 31. The van der Waals surface area contributed by atoms with Crippen molar-refractivity contribution in [2.24, 2.45) is 0 Å². The second-order valence-electron chi connectivity index (χ2n) is 12.8. The van der Waals surface area contributed by atoms with Crippen LogP contribution in [0.2, 0.25) is 0 Å². The van der Waals surface area contributed by atoms with Crippen molar-refractivity contribution < 1.29 is 56.2 Å². The van der Waals surface area contributed by atoms with E-state index in [2.05, 4.69) is 96.2 Å². The second kappa shape index (κ2) is 32.5. The Bertz CT molecular complexity index is 1270. The summed E-state index contributed by atoms with van der Waals surface area (Å²) in [6, 6.07) is 0. The number of hydrogen-bond acceptors (Lipinski definition) is 11. The predicted molar refractivity (Wildman–Crippen MR) is 211 cm³/mol. The highest BCUT2D eigenvalue weighted by Crippen LogP contribution is 2.26. The van der Waals surface area contributed by atoms with Crippen molar-refractivity contribution in [2.75, 3.05) is 26.4 Å². The van der Waals surface area contributed by atoms with Gasteiger partial charge in [-0.15, -0.1) is 0 Å². The molecule has 1 rings (SSSR count). The number of carbonyl (C=O) groups is 1. The zero-order valence-corrected chi connectivity index (χ0v) is 33.1. The molecule has 0 aromatic heterocycles. The fourth-order valence-electron chi connectivity index (χ4n) is 5.16. The summed E-state index contributed by atoms with van der Waals surface area (Å²) in [6.07, 6.45) is 34.0. The first kappa shape index (κ1) is 49.3. The summed E-state index contributed by atoms with van der Waals surface area (Å²) in [7, 11) is -5.05. The van der Waals surface area contributed by atoms with Gasteiger partial charge in [0, 0.05) is 13.0 Å². The molecule has 0 aliphatic carbocycles. The van der Waals surface area contributed by atoms with E-state index in [1.807, 2.05) is 6.92 Å². The molecule has 0 spiro atoms. The van der Waals surface area contributed by atoms with Crippen molar-refractivity contribution in [3.63, 3.8) is 0 Å². The van der Waals surface area contributed by atoms with Crippen LogP contribution >= 0.6 is 0 Å². The lowest BCUT2D eigenvalue weighted by Crippen LogP contribution is -2.60. The third-order valence-electron chi connectivity index (χ3n) is 8.00. The zero-order valence-electron chi connectivity index (χ0n) is 32.2. The summed E-state index contributed by atoms with van der Waals surface area (Å²) in [5.41, 5.74) is 0. The molecule has 0 aromatic rings. The van der Waals surface area contributed by atoms with Crippen LogP contribution < -0.4 is 0 Å². The number of carbonyl (C=O) groups excluding carboxylic acids is 1. The number of unbranched alkanes of at least 4 members (excludes halogenated alkanes) is 4. The second-order valence-corrected chi connectivity index (χ2v) is 13.8. The van der Waals surface area contributed by atoms with Gasteiger partial charge in [0.15, 0.2) is 6.29 Å². The van der Waals surface area contributed by atoms with Gasteiger partial charge in [-0.2, -0.15) is 8.42 Å². The number of hydrogen-bond donors (Lipinski definition) is 4. The van der Waals surface area contributed by atoms with E-state index in [4.69, 9.17) is 23.5 Å². The quantitative estimate of drug-likeness (QED) is 0.0247. The molecule has 6 atom stereocenters. The van der Waals surface area contributed by atoms with Gasteiger partial charge in [0.25, 0.3) is 0 Å². The minimum Gasteiger partial charge on any atom is -0.457 e. The molecule has 0 bridgehead atoms. The van der Waals surface area contributed by atoms with E-state index in [0.717, 1.165) is 77.0 Å². The molecule has 1 aliphatic heterocycles. The highest BCUT2D eigenvalue weighted by atomic mass is 32.3. The standard InChI is InChI=1S/C41H66O12S/c1-3-5-6-7-8-9-10-11-12-13-14-15-16-17-18-19-20-21-22-23-24-25-26-27-28-29-31-49-33-35(51-37(43)30-4-2)34-50-41-39(45)40(53-54(46,47)48)38(44)36(32-42)52-41/h5-6,8-9,11-12,14-15,17-18,20-21,23-24,35-36,38-42,44-45H,3-4,7,10,13,16,19,22,25-34H2,1-2H3,(H,46,47,48)/b6-5-,9-8-,12-11-,15-14-,18-17-,21-20-,24-23-. The smallest absolute Gasteiger partial charge is 0.397 e. The van der Waals surface area contributed by atoms with Gasteiger partial charge in [-0.25, -0.2) is 4.18 Å². The normalized spacial score (nSPS) is 22.1. The average molecular weight is 783 g/mol. The first-order valence-corrected chi connectivity index (χ1v) is 20.7. The minimum atomic E-state index is -5.05. The lowest BCUT2D eigenvalue weighted by molar-refractivity contribution is -0.301. The van der Waals surface area contributed by atoms with Crippen LogP contribution in [-0.2, 0) is 38.3 Å². The SMILES string of the molecule is CC/C=C\C/C=C\C/C=C\C/C=C\C/C=C\C/C=C\C/C=C\CCCCCCOCC(COC1OC(CO)C(O)C(OS(=O)(=O)O)C1O)OC(=O)CCC. The fourth-order valence-corrected chi connectivity index (χ4v) is 5.67. The van der Waals surface area contributed by atoms with Crippen LogP contribution in [0.4, 0.5) is 0 Å². The molecule has 308 valence electrons. The van der Waals surface area contributed by atoms with Crippen LogP contribution in [0.15, 0.2) is 85.1 Å². The first-order chi connectivity index (χ1) is 26.1. The Morgan fingerprint density at radius 2 is 1.24 bits per heavy atom. The van der Waals surface area contributed by atoms with E-state index in [1.54, 1.807) is 0 Å². The Balaban J connectivity index is 2.22. The van der Waals surface area contributed by atoms with Gasteiger partial charge in [0.1, 0.15) is 30.5 Å². The predicted octanol–water partition coefficient (Wildman–Crippen LogP) is 6.95. The van der Waals surface area contributed by atoms with Gasteiger partial charge in [-0.05, 0) is 70.6 Å². The van der Waals surface area contributed by atoms with E-state index in [-0.39, 0.29) is 19.6 Å². The van der Waals surface area contributed by atoms with Crippen molar-refractivity contribution in [2.45, 2.75) is 141 Å². The number of esters is 1. The maximum absolute atomic E-state index is 12.2. The van der Waals surface area contributed by atoms with Crippen LogP contribution in [0.1, 0.15) is 104 Å². The van der Waals surface area contributed by atoms with Crippen LogP contribution in [0.3, 0.4) is 0 Å². The maximum atomic E-state index is 12.2. The van der Waals surface area contributed by atoms with Crippen molar-refractivity contribution in [3.8, 4) is 0 Å². The third kappa shape index (κ3) is 26.1. The number of ether oxygens (including phenoxy) is 4. The molecular formula is C41H66O12S. The Morgan fingerprint density at radius 3 is 1.74 bits per heavy atom. The lowest BCUT2D eigenvalue weighted by atomic mass is 9.99. The Labute approximate surface area is 323 Å². The monoisotopic (exact) mass is 782 g/mol. The summed E-state index contributed by atoms with van der Waals surface area (Å²) in [5.74, 6) is -0.468.